The molecule has 0 radical (unpaired) electrons. The Morgan fingerprint density at radius 2 is 2.13 bits per heavy atom. The van der Waals surface area contributed by atoms with Crippen LogP contribution in [-0.4, -0.2) is 69.2 Å². The molecular formula is C15H22N4O4. The molecule has 8 heteroatoms. The van der Waals surface area contributed by atoms with E-state index in [1.807, 2.05) is 0 Å². The lowest BCUT2D eigenvalue weighted by Gasteiger charge is -2.32. The number of likely N-dealkylation sites (N-methyl/N-ethyl adjacent to an activating group) is 1. The Kier molecular flexibility index (Phi) is 5.02. The van der Waals surface area contributed by atoms with Gasteiger partial charge in [-0.3, -0.25) is 19.1 Å². The fourth-order valence-electron chi connectivity index (χ4n) is 2.80. The van der Waals surface area contributed by atoms with E-state index < -0.39 is 11.9 Å². The molecule has 8 nitrogen and oxygen atoms in total. The monoisotopic (exact) mass is 322 g/mol. The molecule has 23 heavy (non-hydrogen) atoms. The first-order valence-electron chi connectivity index (χ1n) is 7.56. The molecular weight excluding hydrogens is 300 g/mol. The predicted molar refractivity (Wildman–Crippen MR) is 81.8 cm³/mol. The Morgan fingerprint density at radius 1 is 1.43 bits per heavy atom. The van der Waals surface area contributed by atoms with Crippen LogP contribution in [0.3, 0.4) is 0 Å². The second kappa shape index (κ2) is 6.80. The molecule has 0 saturated carbocycles. The third-order valence-corrected chi connectivity index (χ3v) is 4.09. The molecule has 1 aromatic rings. The van der Waals surface area contributed by atoms with E-state index in [0.29, 0.717) is 30.6 Å². The molecule has 0 bridgehead atoms. The van der Waals surface area contributed by atoms with Crippen LogP contribution in [0, 0.1) is 12.8 Å². The Bertz CT molecular complexity index is 625. The SMILES string of the molecule is Cc1nn(C)cc1C(=O)N(C)CC(=O)N1CCCC(C(=O)O)C1. The molecule has 2 amide bonds. The molecule has 0 spiro atoms. The highest BCUT2D eigenvalue weighted by molar-refractivity contribution is 5.97. The highest BCUT2D eigenvalue weighted by atomic mass is 16.4. The maximum Gasteiger partial charge on any atom is 0.308 e. The molecule has 1 unspecified atom stereocenters. The van der Waals surface area contributed by atoms with Gasteiger partial charge in [0.05, 0.1) is 23.7 Å². The summed E-state index contributed by atoms with van der Waals surface area (Å²) in [6.07, 6.45) is 2.88. The molecule has 1 aliphatic rings. The number of likely N-dealkylation sites (tertiary alicyclic amines) is 1. The van der Waals surface area contributed by atoms with Gasteiger partial charge in [-0.25, -0.2) is 0 Å². The van der Waals surface area contributed by atoms with E-state index in [0.717, 1.165) is 0 Å². The number of carboxylic acids is 1. The van der Waals surface area contributed by atoms with E-state index in [9.17, 15) is 14.4 Å². The highest BCUT2D eigenvalue weighted by Gasteiger charge is 2.29. The largest absolute Gasteiger partial charge is 0.481 e. The summed E-state index contributed by atoms with van der Waals surface area (Å²) in [5.74, 6) is -1.89. The number of aryl methyl sites for hydroxylation is 2. The normalized spacial score (nSPS) is 17.9. The number of rotatable bonds is 4. The molecule has 2 heterocycles. The molecule has 1 atom stereocenters. The van der Waals surface area contributed by atoms with Gasteiger partial charge in [0.1, 0.15) is 0 Å². The second-order valence-corrected chi connectivity index (χ2v) is 5.98. The van der Waals surface area contributed by atoms with Crippen LogP contribution >= 0.6 is 0 Å². The molecule has 1 fully saturated rings. The summed E-state index contributed by atoms with van der Waals surface area (Å²) >= 11 is 0. The number of nitrogens with zero attached hydrogens (tertiary/aromatic N) is 4. The lowest BCUT2D eigenvalue weighted by atomic mass is 9.98. The number of aliphatic carboxylic acids is 1. The summed E-state index contributed by atoms with van der Waals surface area (Å²) < 4.78 is 1.56. The van der Waals surface area contributed by atoms with Crippen molar-refractivity contribution in [3.05, 3.63) is 17.5 Å². The van der Waals surface area contributed by atoms with Gasteiger partial charge in [0.25, 0.3) is 5.91 Å². The molecule has 2 rings (SSSR count). The maximum absolute atomic E-state index is 12.4. The first kappa shape index (κ1) is 17.0. The van der Waals surface area contributed by atoms with Gasteiger partial charge in [-0.15, -0.1) is 0 Å². The van der Waals surface area contributed by atoms with Gasteiger partial charge in [-0.2, -0.15) is 5.10 Å². The van der Waals surface area contributed by atoms with Crippen LogP contribution in [0.1, 0.15) is 28.9 Å². The molecule has 0 aromatic carbocycles. The molecule has 126 valence electrons. The first-order valence-corrected chi connectivity index (χ1v) is 7.56. The third-order valence-electron chi connectivity index (χ3n) is 4.09. The second-order valence-electron chi connectivity index (χ2n) is 5.98. The molecule has 1 saturated heterocycles. The van der Waals surface area contributed by atoms with Crippen LogP contribution in [0.4, 0.5) is 0 Å². The summed E-state index contributed by atoms with van der Waals surface area (Å²) in [6.45, 7) is 2.42. The summed E-state index contributed by atoms with van der Waals surface area (Å²) in [5.41, 5.74) is 1.07. The van der Waals surface area contributed by atoms with Crippen molar-refractivity contribution in [2.45, 2.75) is 19.8 Å². The number of carbonyl (C=O) groups excluding carboxylic acids is 2. The van der Waals surface area contributed by atoms with Crippen molar-refractivity contribution in [3.8, 4) is 0 Å². The van der Waals surface area contributed by atoms with Gasteiger partial charge >= 0.3 is 5.97 Å². The van der Waals surface area contributed by atoms with Crippen LogP contribution in [0.25, 0.3) is 0 Å². The fraction of sp³-hybridized carbons (Fsp3) is 0.600. The van der Waals surface area contributed by atoms with Crippen LogP contribution < -0.4 is 0 Å². The lowest BCUT2D eigenvalue weighted by molar-refractivity contribution is -0.145. The minimum Gasteiger partial charge on any atom is -0.481 e. The van der Waals surface area contributed by atoms with Crippen LogP contribution in [-0.2, 0) is 16.6 Å². The van der Waals surface area contributed by atoms with Crippen molar-refractivity contribution in [3.63, 3.8) is 0 Å². The number of carboxylic acid groups (broad SMARTS) is 1. The van der Waals surface area contributed by atoms with Gasteiger partial charge in [-0.05, 0) is 19.8 Å². The van der Waals surface area contributed by atoms with E-state index in [1.54, 1.807) is 31.9 Å². The van der Waals surface area contributed by atoms with Crippen LogP contribution in [0.5, 0.6) is 0 Å². The van der Waals surface area contributed by atoms with Gasteiger partial charge in [0.2, 0.25) is 5.91 Å². The third kappa shape index (κ3) is 3.88. The van der Waals surface area contributed by atoms with Gasteiger partial charge in [-0.1, -0.05) is 0 Å². The van der Waals surface area contributed by atoms with E-state index in [-0.39, 0.29) is 24.9 Å². The minimum atomic E-state index is -0.877. The summed E-state index contributed by atoms with van der Waals surface area (Å²) in [7, 11) is 3.29. The summed E-state index contributed by atoms with van der Waals surface area (Å²) in [5, 5.41) is 13.2. The minimum absolute atomic E-state index is 0.0699. The molecule has 1 aliphatic heterocycles. The zero-order chi connectivity index (χ0) is 17.1. The van der Waals surface area contributed by atoms with Crippen molar-refractivity contribution in [1.29, 1.82) is 0 Å². The van der Waals surface area contributed by atoms with E-state index in [2.05, 4.69) is 5.10 Å². The zero-order valence-corrected chi connectivity index (χ0v) is 13.7. The summed E-state index contributed by atoms with van der Waals surface area (Å²) in [4.78, 5) is 38.6. The van der Waals surface area contributed by atoms with Gasteiger partial charge < -0.3 is 14.9 Å². The standard InChI is InChI=1S/C15H22N4O4/c1-10-12(8-18(3)16-10)14(21)17(2)9-13(20)19-6-4-5-11(7-19)15(22)23/h8,11H,4-7,9H2,1-3H3,(H,22,23). The zero-order valence-electron chi connectivity index (χ0n) is 13.7. The van der Waals surface area contributed by atoms with Crippen molar-refractivity contribution in [2.24, 2.45) is 13.0 Å². The van der Waals surface area contributed by atoms with E-state index in [4.69, 9.17) is 5.11 Å². The van der Waals surface area contributed by atoms with Crippen LogP contribution in [0.2, 0.25) is 0 Å². The Hall–Kier alpha value is -2.38. The Labute approximate surface area is 134 Å². The topological polar surface area (TPSA) is 95.7 Å². The average molecular weight is 322 g/mol. The average Bonchev–Trinajstić information content (AvgIpc) is 2.85. The van der Waals surface area contributed by atoms with Gasteiger partial charge in [0.15, 0.2) is 0 Å². The number of aromatic nitrogens is 2. The van der Waals surface area contributed by atoms with Crippen molar-refractivity contribution in [2.75, 3.05) is 26.7 Å². The number of amides is 2. The number of piperidine rings is 1. The molecule has 0 aliphatic carbocycles. The highest BCUT2D eigenvalue weighted by Crippen LogP contribution is 2.17. The summed E-state index contributed by atoms with van der Waals surface area (Å²) in [6, 6.07) is 0. The Morgan fingerprint density at radius 3 is 2.70 bits per heavy atom. The van der Waals surface area contributed by atoms with Crippen molar-refractivity contribution < 1.29 is 19.5 Å². The maximum atomic E-state index is 12.4. The van der Waals surface area contributed by atoms with Crippen LogP contribution in [0.15, 0.2) is 6.20 Å². The number of hydrogen-bond acceptors (Lipinski definition) is 4. The van der Waals surface area contributed by atoms with E-state index >= 15 is 0 Å². The number of hydrogen-bond donors (Lipinski definition) is 1. The molecule has 1 N–H and O–H groups in total. The molecule has 1 aromatic heterocycles. The Balaban J connectivity index is 1.98. The quantitative estimate of drug-likeness (QED) is 0.849. The van der Waals surface area contributed by atoms with E-state index in [1.165, 1.54) is 9.80 Å². The fourth-order valence-corrected chi connectivity index (χ4v) is 2.80. The first-order chi connectivity index (χ1) is 10.8. The van der Waals surface area contributed by atoms with Gasteiger partial charge in [0, 0.05) is 33.4 Å². The smallest absolute Gasteiger partial charge is 0.308 e. The predicted octanol–water partition coefficient (Wildman–Crippen LogP) is 0.124. The van der Waals surface area contributed by atoms with Crippen molar-refractivity contribution >= 4 is 17.8 Å². The van der Waals surface area contributed by atoms with Crippen molar-refractivity contribution in [1.82, 2.24) is 19.6 Å². The number of carbonyl (C=O) groups is 3. The lowest BCUT2D eigenvalue weighted by Crippen LogP contribution is -2.46.